The van der Waals surface area contributed by atoms with Crippen LogP contribution in [0.15, 0.2) is 91.0 Å². The van der Waals surface area contributed by atoms with Crippen molar-refractivity contribution in [1.82, 2.24) is 0 Å². The topological polar surface area (TPSA) is 0 Å². The van der Waals surface area contributed by atoms with Crippen LogP contribution in [0.1, 0.15) is 0 Å². The van der Waals surface area contributed by atoms with Gasteiger partial charge < -0.3 is 0 Å². The molecule has 0 spiro atoms. The van der Waals surface area contributed by atoms with E-state index >= 15 is 0 Å². The summed E-state index contributed by atoms with van der Waals surface area (Å²) in [5, 5.41) is 7.60. The van der Waals surface area contributed by atoms with Crippen LogP contribution in [0.2, 0.25) is 0 Å². The van der Waals surface area contributed by atoms with Crippen molar-refractivity contribution in [3.63, 3.8) is 0 Å². The van der Waals surface area contributed by atoms with E-state index in [1.54, 1.807) is 0 Å². The Morgan fingerprint density at radius 1 is 0.538 bits per heavy atom. The summed E-state index contributed by atoms with van der Waals surface area (Å²) in [5.74, 6) is 0. The molecule has 120 valence electrons. The zero-order chi connectivity index (χ0) is 17.5. The van der Waals surface area contributed by atoms with Gasteiger partial charge in [0.1, 0.15) is 0 Å². The van der Waals surface area contributed by atoms with E-state index in [1.165, 1.54) is 48.9 Å². The summed E-state index contributed by atoms with van der Waals surface area (Å²) in [7, 11) is 0. The Balaban J connectivity index is 1.98. The van der Waals surface area contributed by atoms with E-state index in [9.17, 15) is 0 Å². The van der Waals surface area contributed by atoms with Crippen LogP contribution in [0.3, 0.4) is 0 Å². The van der Waals surface area contributed by atoms with Crippen LogP contribution >= 0.6 is 0 Å². The first kappa shape index (κ1) is 15.1. The Bertz CT molecular complexity index is 1240. The second-order valence-electron chi connectivity index (χ2n) is 6.65. The average molecular weight is 328 g/mol. The van der Waals surface area contributed by atoms with Crippen molar-refractivity contribution in [3.05, 3.63) is 91.0 Å². The van der Waals surface area contributed by atoms with Gasteiger partial charge in [0.25, 0.3) is 0 Å². The Hall–Kier alpha value is -3.19. The fourth-order valence-electron chi connectivity index (χ4n) is 4.04. The molecule has 0 atom stereocenters. The molecule has 1 heteroatoms. The van der Waals surface area contributed by atoms with E-state index < -0.39 is 0 Å². The van der Waals surface area contributed by atoms with E-state index in [0.29, 0.717) is 0 Å². The summed E-state index contributed by atoms with van der Waals surface area (Å²) in [5.41, 5.74) is 3.76. The quantitative estimate of drug-likeness (QED) is 0.293. The molecule has 0 nitrogen and oxygen atoms in total. The fraction of sp³-hybridized carbons (Fsp3) is 0. The van der Waals surface area contributed by atoms with Crippen molar-refractivity contribution in [1.29, 1.82) is 0 Å². The molecule has 0 aliphatic rings. The molecule has 0 heterocycles. The van der Waals surface area contributed by atoms with E-state index in [1.807, 2.05) is 6.92 Å². The Morgan fingerprint density at radius 3 is 1.69 bits per heavy atom. The van der Waals surface area contributed by atoms with Crippen LogP contribution in [-0.4, -0.2) is 13.4 Å². The molecule has 0 aliphatic carbocycles. The minimum absolute atomic E-state index is 1.21. The maximum atomic E-state index is 4.07. The van der Waals surface area contributed by atoms with Crippen LogP contribution in [0.5, 0.6) is 0 Å². The second kappa shape index (κ2) is 5.96. The summed E-state index contributed by atoms with van der Waals surface area (Å²) in [4.78, 5) is 0. The summed E-state index contributed by atoms with van der Waals surface area (Å²) >= 11 is 0. The predicted molar refractivity (Wildman–Crippen MR) is 117 cm³/mol. The molecule has 26 heavy (non-hydrogen) atoms. The second-order valence-corrected chi connectivity index (χ2v) is 6.65. The van der Waals surface area contributed by atoms with Gasteiger partial charge in [-0.2, -0.15) is 0 Å². The van der Waals surface area contributed by atoms with E-state index in [2.05, 4.69) is 97.5 Å². The van der Waals surface area contributed by atoms with Crippen molar-refractivity contribution < 1.29 is 0 Å². The van der Waals surface area contributed by atoms with Crippen LogP contribution in [0.4, 0.5) is 0 Å². The molecule has 0 fully saturated rings. The van der Waals surface area contributed by atoms with E-state index in [0.717, 1.165) is 0 Å². The van der Waals surface area contributed by atoms with Gasteiger partial charge in [-0.25, -0.2) is 0 Å². The zero-order valence-corrected chi connectivity index (χ0v) is 14.4. The van der Waals surface area contributed by atoms with Gasteiger partial charge in [-0.3, -0.25) is 0 Å². The summed E-state index contributed by atoms with van der Waals surface area (Å²) in [6, 6.07) is 32.6. The summed E-state index contributed by atoms with van der Waals surface area (Å²) in [6.45, 7) is 6.06. The van der Waals surface area contributed by atoms with Gasteiger partial charge in [-0.1, -0.05) is 0 Å². The summed E-state index contributed by atoms with van der Waals surface area (Å²) in [6.07, 6.45) is 0. The van der Waals surface area contributed by atoms with Crippen LogP contribution in [0.25, 0.3) is 43.4 Å². The van der Waals surface area contributed by atoms with Crippen LogP contribution in [-0.2, 0) is 0 Å². The third kappa shape index (κ3) is 2.21. The molecule has 5 rings (SSSR count). The van der Waals surface area contributed by atoms with Crippen LogP contribution < -0.4 is 5.46 Å². The molecule has 0 amide bonds. The first-order valence-electron chi connectivity index (χ1n) is 8.92. The molecule has 0 radical (unpaired) electrons. The number of hydrogen-bond donors (Lipinski definition) is 0. The minimum atomic E-state index is 1.21. The van der Waals surface area contributed by atoms with Crippen molar-refractivity contribution in [2.24, 2.45) is 0 Å². The van der Waals surface area contributed by atoms with Crippen molar-refractivity contribution in [3.8, 4) is 11.1 Å². The van der Waals surface area contributed by atoms with Crippen LogP contribution in [0, 0.1) is 0 Å². The normalized spacial score (nSPS) is 11.1. The fourth-order valence-corrected chi connectivity index (χ4v) is 4.04. The SMILES string of the molecule is C=Bc1c2ccccc2c(-c2ccc3ccccc3c2)c2ccccc12. The van der Waals surface area contributed by atoms with Gasteiger partial charge in [-0.05, 0) is 0 Å². The van der Waals surface area contributed by atoms with Gasteiger partial charge in [0, 0.05) is 0 Å². The van der Waals surface area contributed by atoms with Gasteiger partial charge >= 0.3 is 153 Å². The maximum absolute atomic E-state index is 4.07. The molecule has 0 aromatic heterocycles. The van der Waals surface area contributed by atoms with Crippen molar-refractivity contribution >= 4 is 51.2 Å². The first-order valence-corrected chi connectivity index (χ1v) is 8.92. The van der Waals surface area contributed by atoms with Gasteiger partial charge in [0.05, 0.1) is 0 Å². The Labute approximate surface area is 153 Å². The molecule has 5 aromatic carbocycles. The number of hydrogen-bond acceptors (Lipinski definition) is 0. The molecule has 0 unspecified atom stereocenters. The first-order chi connectivity index (χ1) is 12.9. The number of benzene rings is 5. The third-order valence-corrected chi connectivity index (χ3v) is 5.22. The molecule has 0 bridgehead atoms. The number of rotatable bonds is 2. The Kier molecular flexibility index (Phi) is 3.46. The number of fused-ring (bicyclic) bond motifs is 3. The van der Waals surface area contributed by atoms with Crippen molar-refractivity contribution in [2.75, 3.05) is 0 Å². The van der Waals surface area contributed by atoms with E-state index in [-0.39, 0.29) is 0 Å². The van der Waals surface area contributed by atoms with Crippen molar-refractivity contribution in [2.45, 2.75) is 0 Å². The monoisotopic (exact) mass is 328 g/mol. The van der Waals surface area contributed by atoms with Gasteiger partial charge in [0.15, 0.2) is 0 Å². The van der Waals surface area contributed by atoms with Gasteiger partial charge in [0.2, 0.25) is 0 Å². The average Bonchev–Trinajstić information content (AvgIpc) is 2.71. The standard InChI is InChI=1S/C25H17B/c1-26-25-22-12-6-4-10-20(22)24(21-11-5-7-13-23(21)25)19-15-14-17-8-2-3-9-18(17)16-19/h2-16H,1H2. The third-order valence-electron chi connectivity index (χ3n) is 5.22. The predicted octanol–water partition coefficient (Wildman–Crippen LogP) is 5.57. The molecule has 5 aromatic rings. The summed E-state index contributed by atoms with van der Waals surface area (Å²) < 4.78 is 0. The molecule has 0 saturated carbocycles. The molecule has 0 N–H and O–H groups in total. The Morgan fingerprint density at radius 2 is 1.08 bits per heavy atom. The van der Waals surface area contributed by atoms with Gasteiger partial charge in [-0.15, -0.1) is 0 Å². The molecular formula is C25H17B. The molecule has 0 aliphatic heterocycles. The molecule has 0 saturated heterocycles. The van der Waals surface area contributed by atoms with E-state index in [4.69, 9.17) is 0 Å². The zero-order valence-electron chi connectivity index (χ0n) is 14.4. The molecular weight excluding hydrogens is 311 g/mol.